The summed E-state index contributed by atoms with van der Waals surface area (Å²) >= 11 is 0. The van der Waals surface area contributed by atoms with E-state index in [2.05, 4.69) is 10.6 Å². The molecule has 11 aromatic rings. The van der Waals surface area contributed by atoms with Gasteiger partial charge in [0.05, 0.1) is 72.6 Å². The molecule has 4 heterocycles. The first-order chi connectivity index (χ1) is 55.8. The van der Waals surface area contributed by atoms with Crippen molar-refractivity contribution in [2.24, 2.45) is 0 Å². The summed E-state index contributed by atoms with van der Waals surface area (Å²) in [4.78, 5) is 130. The fraction of sp³-hybridized carbons (Fsp3) is 0.165. The molecule has 0 bridgehead atoms. The lowest BCUT2D eigenvalue weighted by molar-refractivity contribution is -0.173. The molecule has 0 saturated carbocycles. The fourth-order valence-electron chi connectivity index (χ4n) is 15.0. The third-order valence-electron chi connectivity index (χ3n) is 21.4. The Balaban J connectivity index is 0.000000158. The Morgan fingerprint density at radius 1 is 0.303 bits per heavy atom. The van der Waals surface area contributed by atoms with E-state index in [1.54, 1.807) is 94.4 Å². The highest BCUT2D eigenvalue weighted by atomic mass is 19.4. The summed E-state index contributed by atoms with van der Waals surface area (Å²) in [6.07, 6.45) is -19.2. The van der Waals surface area contributed by atoms with E-state index in [-0.39, 0.29) is 78.5 Å². The minimum atomic E-state index is -5.00. The molecule has 4 aliphatic heterocycles. The van der Waals surface area contributed by atoms with Gasteiger partial charge in [-0.15, -0.1) is 0 Å². The van der Waals surface area contributed by atoms with Gasteiger partial charge in [-0.2, -0.15) is 52.7 Å². The maximum atomic E-state index is 14.9. The predicted molar refractivity (Wildman–Crippen MR) is 419 cm³/mol. The third kappa shape index (κ3) is 15.2. The van der Waals surface area contributed by atoms with Crippen LogP contribution in [0, 0.1) is 41.5 Å². The standard InChI is InChI=1S/C35H24F6N2O4.C32H21F3N2O4.C24H21F3N2O2/c1-17-5-9-22(18(2)13-17)23-12-8-21(16-28(23)34(36,37)38)43-31(46)25-11-7-20(15-27(25)32(43)47)33(3,35(39,40)41)19-6-10-24-26(14-19)30(45)42(4)29(24)44;1-16-4-8-21(17(2)12-16)22-11-7-20(15-27(22)32(33,34)35)37-30(40)24-10-6-19(14-26(24)31(37)41)18-5-9-23-25(13-18)29(39)36(3)28(23)38;1-14-4-10-19(15(2)12-14)20-11-9-18(13-21(20)24(25,26)27)29-23(31)17-7-5-16(6-8-17)22(30)28-3/h5-16H,1-4H3;4-15H,1-3H3;4-13H,1-3H3,(H,28,30)(H,29,31). The average molecular weight is 1630 g/mol. The van der Waals surface area contributed by atoms with E-state index in [1.807, 2.05) is 19.9 Å². The zero-order valence-corrected chi connectivity index (χ0v) is 64.5. The quantitative estimate of drug-likeness (QED) is 0.0925. The van der Waals surface area contributed by atoms with Gasteiger partial charge >= 0.3 is 24.7 Å². The zero-order valence-electron chi connectivity index (χ0n) is 64.5. The molecule has 1 atom stereocenters. The van der Waals surface area contributed by atoms with E-state index in [9.17, 15) is 101 Å². The molecule has 0 radical (unpaired) electrons. The van der Waals surface area contributed by atoms with Crippen LogP contribution in [0.4, 0.5) is 69.7 Å². The molecule has 0 saturated heterocycles. The Kier molecular flexibility index (Phi) is 21.4. The third-order valence-corrected chi connectivity index (χ3v) is 21.4. The van der Waals surface area contributed by atoms with Crippen molar-refractivity contribution in [3.8, 4) is 44.5 Å². The van der Waals surface area contributed by atoms with Crippen LogP contribution in [-0.2, 0) is 23.9 Å². The Hall–Kier alpha value is -13.9. The number of fused-ring (bicyclic) bond motifs is 4. The highest BCUT2D eigenvalue weighted by molar-refractivity contribution is 6.36. The van der Waals surface area contributed by atoms with Crippen LogP contribution >= 0.6 is 0 Å². The van der Waals surface area contributed by atoms with Gasteiger partial charge in [0, 0.05) is 38.0 Å². The number of imide groups is 4. The van der Waals surface area contributed by atoms with Gasteiger partial charge in [-0.3, -0.25) is 57.7 Å². The molecular weight excluding hydrogens is 1570 g/mol. The van der Waals surface area contributed by atoms with E-state index in [4.69, 9.17) is 0 Å². The SMILES string of the molecule is CNC(=O)c1ccc(C(=O)Nc2ccc(-c3ccc(C)cc3C)c(C(F)(F)F)c2)cc1.Cc1ccc(-c2ccc(N3C(=O)c4ccc(-c5ccc6c(c5)C(=O)N(C)C6=O)cc4C3=O)cc2C(F)(F)F)c(C)c1.Cc1ccc(-c2ccc(N3C(=O)c4ccc(C(C)(c5ccc6c(c5)C(=O)N(C)C6=O)C(F)(F)F)cc4C3=O)cc2C(F)(F)F)c(C)c1. The van der Waals surface area contributed by atoms with Crippen molar-refractivity contribution in [1.82, 2.24) is 15.1 Å². The van der Waals surface area contributed by atoms with Crippen molar-refractivity contribution in [2.45, 2.75) is 78.6 Å². The van der Waals surface area contributed by atoms with Gasteiger partial charge in [0.15, 0.2) is 0 Å². The van der Waals surface area contributed by atoms with E-state index >= 15 is 0 Å². The number of carbonyl (C=O) groups is 10. The molecule has 10 amide bonds. The molecule has 16 nitrogen and oxygen atoms in total. The van der Waals surface area contributed by atoms with Gasteiger partial charge in [-0.25, -0.2) is 9.80 Å². The van der Waals surface area contributed by atoms with Crippen LogP contribution < -0.4 is 20.4 Å². The van der Waals surface area contributed by atoms with Crippen molar-refractivity contribution >= 4 is 76.1 Å². The van der Waals surface area contributed by atoms with Gasteiger partial charge < -0.3 is 10.6 Å². The number of alkyl halides is 12. The predicted octanol–water partition coefficient (Wildman–Crippen LogP) is 20.2. The van der Waals surface area contributed by atoms with Crippen LogP contribution in [0.3, 0.4) is 0 Å². The monoisotopic (exact) mass is 1630 g/mol. The number of nitrogens with one attached hydrogen (secondary N) is 2. The van der Waals surface area contributed by atoms with E-state index in [1.165, 1.54) is 93.9 Å². The Morgan fingerprint density at radius 3 is 0.958 bits per heavy atom. The normalized spacial score (nSPS) is 14.3. The first-order valence-electron chi connectivity index (χ1n) is 36.4. The summed E-state index contributed by atoms with van der Waals surface area (Å²) in [6, 6.07) is 46.7. The number of hydrogen-bond acceptors (Lipinski definition) is 10. The van der Waals surface area contributed by atoms with Crippen LogP contribution in [0.1, 0.15) is 172 Å². The number of nitrogens with zero attached hydrogens (tertiary/aromatic N) is 4. The van der Waals surface area contributed by atoms with E-state index in [0.29, 0.717) is 55.5 Å². The van der Waals surface area contributed by atoms with Gasteiger partial charge in [0.1, 0.15) is 5.41 Å². The van der Waals surface area contributed by atoms with E-state index in [0.717, 1.165) is 98.5 Å². The summed E-state index contributed by atoms with van der Waals surface area (Å²) in [7, 11) is 4.08. The summed E-state index contributed by atoms with van der Waals surface area (Å²) < 4.78 is 172. The molecule has 2 N–H and O–H groups in total. The molecule has 15 rings (SSSR count). The van der Waals surface area contributed by atoms with Gasteiger partial charge in [0.2, 0.25) is 0 Å². The second-order valence-corrected chi connectivity index (χ2v) is 29.2. The molecule has 4 aliphatic rings. The lowest BCUT2D eigenvalue weighted by Crippen LogP contribution is -2.41. The largest absolute Gasteiger partial charge is 0.417 e. The molecule has 0 aromatic heterocycles. The Bertz CT molecular complexity index is 6220. The summed E-state index contributed by atoms with van der Waals surface area (Å²) in [6.45, 7) is 11.5. The van der Waals surface area contributed by atoms with Gasteiger partial charge in [0.25, 0.3) is 59.1 Å². The highest BCUT2D eigenvalue weighted by Gasteiger charge is 2.55. The number of halogens is 12. The first-order valence-corrected chi connectivity index (χ1v) is 36.4. The van der Waals surface area contributed by atoms with Crippen molar-refractivity contribution in [1.29, 1.82) is 0 Å². The van der Waals surface area contributed by atoms with Gasteiger partial charge in [-0.1, -0.05) is 114 Å². The van der Waals surface area contributed by atoms with Crippen LogP contribution in [0.15, 0.2) is 206 Å². The highest BCUT2D eigenvalue weighted by Crippen LogP contribution is 2.50. The number of benzene rings is 11. The van der Waals surface area contributed by atoms with Crippen molar-refractivity contribution in [3.05, 3.63) is 323 Å². The minimum absolute atomic E-state index is 0.0273. The van der Waals surface area contributed by atoms with Crippen LogP contribution in [0.25, 0.3) is 44.5 Å². The van der Waals surface area contributed by atoms with Crippen molar-refractivity contribution in [3.63, 3.8) is 0 Å². The summed E-state index contributed by atoms with van der Waals surface area (Å²) in [5.41, 5.74) is -0.170. The molecule has 11 aromatic carbocycles. The lowest BCUT2D eigenvalue weighted by atomic mass is 9.74. The maximum absolute atomic E-state index is 14.9. The zero-order chi connectivity index (χ0) is 86.5. The number of anilines is 3. The molecule has 0 aliphatic carbocycles. The number of carbonyl (C=O) groups excluding carboxylic acids is 10. The number of hydrogen-bond donors (Lipinski definition) is 2. The summed E-state index contributed by atoms with van der Waals surface area (Å²) in [5.74, 6) is -6.76. The Labute approximate surface area is 671 Å². The molecule has 1 unspecified atom stereocenters. The van der Waals surface area contributed by atoms with Gasteiger partial charge in [-0.05, 0) is 230 Å². The molecule has 0 spiro atoms. The number of rotatable bonds is 11. The summed E-state index contributed by atoms with van der Waals surface area (Å²) in [5, 5.41) is 4.97. The van der Waals surface area contributed by atoms with Crippen molar-refractivity contribution in [2.75, 3.05) is 36.3 Å². The van der Waals surface area contributed by atoms with Crippen LogP contribution in [0.2, 0.25) is 0 Å². The fourth-order valence-corrected chi connectivity index (χ4v) is 15.0. The minimum Gasteiger partial charge on any atom is -0.355 e. The topological polar surface area (TPSA) is 208 Å². The molecule has 0 fully saturated rings. The molecule has 119 heavy (non-hydrogen) atoms. The molecular formula is C91H66F12N6O10. The molecule has 28 heteroatoms. The van der Waals surface area contributed by atoms with Crippen molar-refractivity contribution < 1.29 is 101 Å². The smallest absolute Gasteiger partial charge is 0.355 e. The van der Waals surface area contributed by atoms with Crippen LogP contribution in [0.5, 0.6) is 0 Å². The lowest BCUT2D eigenvalue weighted by Gasteiger charge is -2.33. The second kappa shape index (κ2) is 30.6. The Morgan fingerprint density at radius 2 is 0.597 bits per heavy atom. The average Bonchev–Trinajstić information content (AvgIpc) is 1.64. The first kappa shape index (κ1) is 83.0. The van der Waals surface area contributed by atoms with Crippen LogP contribution in [-0.4, -0.2) is 96.2 Å². The number of aryl methyl sites for hydroxylation is 6. The van der Waals surface area contributed by atoms with E-state index < -0.39 is 122 Å². The number of amides is 10. The maximum Gasteiger partial charge on any atom is 0.417 e. The molecule has 604 valence electrons. The second-order valence-electron chi connectivity index (χ2n) is 29.2.